The van der Waals surface area contributed by atoms with E-state index in [9.17, 15) is 0 Å². The third-order valence-electron chi connectivity index (χ3n) is 3.20. The molecule has 4 bridgehead atoms. The highest BCUT2D eigenvalue weighted by molar-refractivity contribution is 5.48. The number of hydrogen-bond acceptors (Lipinski definition) is 0. The summed E-state index contributed by atoms with van der Waals surface area (Å²) in [5.41, 5.74) is 4.16. The Morgan fingerprint density at radius 2 is 1.10 bits per heavy atom. The molecule has 0 fully saturated rings. The number of hydrogen-bond donors (Lipinski definition) is 0. The fourth-order valence-electron chi connectivity index (χ4n) is 1.97. The van der Waals surface area contributed by atoms with Gasteiger partial charge in [0, 0.05) is 22.6 Å². The van der Waals surface area contributed by atoms with Crippen LogP contribution < -0.4 is 0 Å². The summed E-state index contributed by atoms with van der Waals surface area (Å²) in [5.74, 6) is 18.6. The molecule has 1 unspecified atom stereocenters. The van der Waals surface area contributed by atoms with E-state index in [-0.39, 0.29) is 5.92 Å². The Hall–Kier alpha value is -2.88. The quantitative estimate of drug-likeness (QED) is 0.629. The molecule has 4 aliphatic rings. The summed E-state index contributed by atoms with van der Waals surface area (Å²) in [6.07, 6.45) is 0. The summed E-state index contributed by atoms with van der Waals surface area (Å²) in [5, 5.41) is 0. The lowest BCUT2D eigenvalue weighted by Gasteiger charge is -2.04. The molecule has 0 aliphatic heterocycles. The van der Waals surface area contributed by atoms with Crippen LogP contribution in [0.15, 0.2) is 48.5 Å². The topological polar surface area (TPSA) is 0 Å². The summed E-state index contributed by atoms with van der Waals surface area (Å²) in [6.45, 7) is 2.11. The smallest absolute Gasteiger partial charge is 0.0427 e. The van der Waals surface area contributed by atoms with Crippen LogP contribution in [-0.2, 0) is 0 Å². The SMILES string of the molecule is CC1C#Cc2ccc(cc2)C#CC#Cc2ccc1cc2. The van der Waals surface area contributed by atoms with Crippen LogP contribution in [0.3, 0.4) is 0 Å². The van der Waals surface area contributed by atoms with Gasteiger partial charge >= 0.3 is 0 Å². The van der Waals surface area contributed by atoms with Gasteiger partial charge in [0.15, 0.2) is 0 Å². The Labute approximate surface area is 119 Å². The molecule has 0 heteroatoms. The molecule has 0 nitrogen and oxygen atoms in total. The van der Waals surface area contributed by atoms with Crippen LogP contribution in [0.1, 0.15) is 35.1 Å². The Bertz CT molecular complexity index is 802. The van der Waals surface area contributed by atoms with Gasteiger partial charge in [-0.2, -0.15) is 0 Å². The molecule has 0 spiro atoms. The number of rotatable bonds is 0. The molecular weight excluding hydrogens is 240 g/mol. The first-order valence-electron chi connectivity index (χ1n) is 6.55. The maximum atomic E-state index is 3.28. The molecule has 0 heterocycles. The zero-order valence-electron chi connectivity index (χ0n) is 11.2. The van der Waals surface area contributed by atoms with Crippen LogP contribution in [0.5, 0.6) is 0 Å². The van der Waals surface area contributed by atoms with Gasteiger partial charge in [-0.1, -0.05) is 35.8 Å². The van der Waals surface area contributed by atoms with Gasteiger partial charge in [-0.25, -0.2) is 0 Å². The molecule has 6 rings (SSSR count). The average molecular weight is 252 g/mol. The predicted octanol–water partition coefficient (Wildman–Crippen LogP) is 3.56. The van der Waals surface area contributed by atoms with Crippen molar-refractivity contribution in [3.05, 3.63) is 70.8 Å². The summed E-state index contributed by atoms with van der Waals surface area (Å²) in [4.78, 5) is 0. The van der Waals surface area contributed by atoms with Gasteiger partial charge in [-0.05, 0) is 60.7 Å². The maximum absolute atomic E-state index is 3.28. The third kappa shape index (κ3) is 2.75. The van der Waals surface area contributed by atoms with Crippen molar-refractivity contribution in [2.75, 3.05) is 0 Å². The fourth-order valence-corrected chi connectivity index (χ4v) is 1.97. The van der Waals surface area contributed by atoms with Gasteiger partial charge in [0.1, 0.15) is 0 Å². The molecule has 2 aromatic rings. The second-order valence-corrected chi connectivity index (χ2v) is 4.69. The van der Waals surface area contributed by atoms with Gasteiger partial charge < -0.3 is 0 Å². The second-order valence-electron chi connectivity index (χ2n) is 4.69. The molecule has 0 saturated carbocycles. The van der Waals surface area contributed by atoms with E-state index < -0.39 is 0 Å². The van der Waals surface area contributed by atoms with E-state index in [1.807, 2.05) is 36.4 Å². The highest BCUT2D eigenvalue weighted by Gasteiger charge is 2.01. The van der Waals surface area contributed by atoms with E-state index in [1.54, 1.807) is 0 Å². The standard InChI is InChI=1S/C20H12/c1-16-6-7-19-10-8-17(9-11-19)4-2-3-5-18-12-14-20(16)15-13-18/h8-16H,1H3. The van der Waals surface area contributed by atoms with Crippen molar-refractivity contribution in [2.24, 2.45) is 0 Å². The largest absolute Gasteiger partial charge is 0.0900 e. The van der Waals surface area contributed by atoms with Gasteiger partial charge in [0.2, 0.25) is 0 Å². The van der Waals surface area contributed by atoms with E-state index in [0.29, 0.717) is 0 Å². The average Bonchev–Trinajstić information content (AvgIpc) is 2.51. The van der Waals surface area contributed by atoms with Crippen LogP contribution in [-0.4, -0.2) is 0 Å². The van der Waals surface area contributed by atoms with Crippen molar-refractivity contribution < 1.29 is 0 Å². The van der Waals surface area contributed by atoms with Crippen LogP contribution in [0.25, 0.3) is 0 Å². The minimum atomic E-state index is 0.207. The van der Waals surface area contributed by atoms with E-state index in [2.05, 4.69) is 54.6 Å². The lowest BCUT2D eigenvalue weighted by molar-refractivity contribution is 1.00. The second kappa shape index (κ2) is 5.40. The Morgan fingerprint density at radius 1 is 0.650 bits per heavy atom. The fraction of sp³-hybridized carbons (Fsp3) is 0.100. The predicted molar refractivity (Wildman–Crippen MR) is 81.9 cm³/mol. The summed E-state index contributed by atoms with van der Waals surface area (Å²) >= 11 is 0. The van der Waals surface area contributed by atoms with Crippen LogP contribution in [0.2, 0.25) is 0 Å². The third-order valence-corrected chi connectivity index (χ3v) is 3.20. The molecule has 0 radical (unpaired) electrons. The minimum absolute atomic E-state index is 0.207. The first-order valence-corrected chi connectivity index (χ1v) is 6.55. The summed E-state index contributed by atoms with van der Waals surface area (Å²) in [7, 11) is 0. The molecule has 92 valence electrons. The monoisotopic (exact) mass is 252 g/mol. The van der Waals surface area contributed by atoms with Gasteiger partial charge in [-0.15, -0.1) is 0 Å². The molecule has 20 heavy (non-hydrogen) atoms. The zero-order valence-corrected chi connectivity index (χ0v) is 11.2. The van der Waals surface area contributed by atoms with E-state index in [1.165, 1.54) is 5.56 Å². The molecule has 0 amide bonds. The lowest BCUT2D eigenvalue weighted by atomic mass is 10.00. The first kappa shape index (κ1) is 12.2. The molecular formula is C20H12. The Kier molecular flexibility index (Phi) is 3.29. The van der Waals surface area contributed by atoms with Gasteiger partial charge in [0.05, 0.1) is 0 Å². The van der Waals surface area contributed by atoms with Crippen molar-refractivity contribution in [1.29, 1.82) is 0 Å². The summed E-state index contributed by atoms with van der Waals surface area (Å²) < 4.78 is 0. The first-order chi connectivity index (χ1) is 9.81. The van der Waals surface area contributed by atoms with Crippen LogP contribution in [0.4, 0.5) is 0 Å². The van der Waals surface area contributed by atoms with Crippen molar-refractivity contribution in [3.8, 4) is 35.5 Å². The molecule has 4 aliphatic carbocycles. The Balaban J connectivity index is 2.12. The Morgan fingerprint density at radius 3 is 1.65 bits per heavy atom. The van der Waals surface area contributed by atoms with Crippen LogP contribution in [0, 0.1) is 35.5 Å². The molecule has 0 N–H and O–H groups in total. The lowest BCUT2D eigenvalue weighted by Crippen LogP contribution is -1.90. The van der Waals surface area contributed by atoms with Gasteiger partial charge in [-0.3, -0.25) is 0 Å². The molecule has 0 aromatic heterocycles. The van der Waals surface area contributed by atoms with Crippen molar-refractivity contribution in [2.45, 2.75) is 12.8 Å². The summed E-state index contributed by atoms with van der Waals surface area (Å²) in [6, 6.07) is 16.2. The normalized spacial score (nSPS) is 14.8. The van der Waals surface area contributed by atoms with E-state index in [0.717, 1.165) is 16.7 Å². The van der Waals surface area contributed by atoms with E-state index in [4.69, 9.17) is 0 Å². The minimum Gasteiger partial charge on any atom is -0.0900 e. The van der Waals surface area contributed by atoms with Crippen molar-refractivity contribution in [1.82, 2.24) is 0 Å². The highest BCUT2D eigenvalue weighted by Crippen LogP contribution is 2.15. The number of benzene rings is 2. The van der Waals surface area contributed by atoms with Gasteiger partial charge in [0.25, 0.3) is 0 Å². The highest BCUT2D eigenvalue weighted by atomic mass is 14.0. The zero-order chi connectivity index (χ0) is 13.8. The maximum Gasteiger partial charge on any atom is 0.0427 e. The van der Waals surface area contributed by atoms with Crippen molar-refractivity contribution >= 4 is 0 Å². The van der Waals surface area contributed by atoms with E-state index >= 15 is 0 Å². The molecule has 0 saturated heterocycles. The van der Waals surface area contributed by atoms with Crippen molar-refractivity contribution in [3.63, 3.8) is 0 Å². The molecule has 1 atom stereocenters. The molecule has 2 aromatic carbocycles. The van der Waals surface area contributed by atoms with Crippen LogP contribution >= 0.6 is 0 Å².